The van der Waals surface area contributed by atoms with Crippen LogP contribution in [0.2, 0.25) is 0 Å². The first-order chi connectivity index (χ1) is 11.7. The lowest BCUT2D eigenvalue weighted by Crippen LogP contribution is -2.21. The van der Waals surface area contributed by atoms with Crippen LogP contribution in [-0.4, -0.2) is 35.5 Å². The van der Waals surface area contributed by atoms with E-state index >= 15 is 0 Å². The van der Waals surface area contributed by atoms with Crippen molar-refractivity contribution in [2.75, 3.05) is 13.2 Å². The number of aliphatic hydroxyl groups is 2. The highest BCUT2D eigenvalue weighted by Gasteiger charge is 2.07. The molecule has 0 aliphatic carbocycles. The largest absolute Gasteiger partial charge is 0.463 e. The van der Waals surface area contributed by atoms with Gasteiger partial charge < -0.3 is 14.9 Å². The average molecular weight is 343 g/mol. The predicted molar refractivity (Wildman–Crippen MR) is 98.9 cm³/mol. The summed E-state index contributed by atoms with van der Waals surface area (Å²) >= 11 is 0. The molecule has 0 fully saturated rings. The zero-order valence-electron chi connectivity index (χ0n) is 15.5. The standard InChI is InChI=1S/C20H38O4/c1-2-3-4-5-6-7-8-9-10-11-12-13-14-15-16-20(23)24-18-19(22)17-21/h8-9,19,21-22H,2-7,10-18H2,1H3/b9-8-. The van der Waals surface area contributed by atoms with Gasteiger partial charge in [0.05, 0.1) is 6.61 Å². The Morgan fingerprint density at radius 1 is 0.917 bits per heavy atom. The number of ether oxygens (including phenoxy) is 1. The fraction of sp³-hybridized carbons (Fsp3) is 0.850. The molecule has 142 valence electrons. The molecule has 0 aromatic rings. The van der Waals surface area contributed by atoms with Gasteiger partial charge in [-0.1, -0.05) is 64.0 Å². The molecule has 4 nitrogen and oxygen atoms in total. The molecule has 0 heterocycles. The lowest BCUT2D eigenvalue weighted by molar-refractivity contribution is -0.147. The molecule has 0 saturated carbocycles. The number of hydrogen-bond acceptors (Lipinski definition) is 4. The minimum Gasteiger partial charge on any atom is -0.463 e. The molecule has 0 aromatic heterocycles. The van der Waals surface area contributed by atoms with Gasteiger partial charge in [0.1, 0.15) is 12.7 Å². The van der Waals surface area contributed by atoms with Crippen molar-refractivity contribution >= 4 is 5.97 Å². The summed E-state index contributed by atoms with van der Waals surface area (Å²) in [5.41, 5.74) is 0. The third kappa shape index (κ3) is 17.5. The van der Waals surface area contributed by atoms with E-state index in [9.17, 15) is 4.79 Å². The molecule has 0 rings (SSSR count). The highest BCUT2D eigenvalue weighted by molar-refractivity contribution is 5.69. The molecule has 0 aliphatic heterocycles. The molecule has 0 amide bonds. The van der Waals surface area contributed by atoms with E-state index in [4.69, 9.17) is 14.9 Å². The third-order valence-electron chi connectivity index (χ3n) is 4.04. The van der Waals surface area contributed by atoms with Crippen LogP contribution in [0.4, 0.5) is 0 Å². The van der Waals surface area contributed by atoms with Crippen LogP contribution in [0.1, 0.15) is 90.4 Å². The summed E-state index contributed by atoms with van der Waals surface area (Å²) in [7, 11) is 0. The maximum absolute atomic E-state index is 11.4. The van der Waals surface area contributed by atoms with E-state index in [2.05, 4.69) is 19.1 Å². The quantitative estimate of drug-likeness (QED) is 0.231. The molecule has 4 heteroatoms. The van der Waals surface area contributed by atoms with E-state index in [-0.39, 0.29) is 19.2 Å². The van der Waals surface area contributed by atoms with E-state index in [1.165, 1.54) is 51.4 Å². The molecular weight excluding hydrogens is 304 g/mol. The van der Waals surface area contributed by atoms with Crippen molar-refractivity contribution < 1.29 is 19.7 Å². The van der Waals surface area contributed by atoms with Gasteiger partial charge in [0.2, 0.25) is 0 Å². The molecule has 0 bridgehead atoms. The van der Waals surface area contributed by atoms with Crippen LogP contribution in [0, 0.1) is 0 Å². The van der Waals surface area contributed by atoms with E-state index in [0.29, 0.717) is 6.42 Å². The summed E-state index contributed by atoms with van der Waals surface area (Å²) < 4.78 is 4.85. The predicted octanol–water partition coefficient (Wildman–Crippen LogP) is 4.53. The van der Waals surface area contributed by atoms with Gasteiger partial charge in [0.15, 0.2) is 0 Å². The van der Waals surface area contributed by atoms with Gasteiger partial charge in [-0.3, -0.25) is 4.79 Å². The Kier molecular flexibility index (Phi) is 17.8. The van der Waals surface area contributed by atoms with E-state index in [1.54, 1.807) is 0 Å². The van der Waals surface area contributed by atoms with Crippen molar-refractivity contribution in [1.82, 2.24) is 0 Å². The monoisotopic (exact) mass is 342 g/mol. The van der Waals surface area contributed by atoms with Crippen LogP contribution in [0.15, 0.2) is 12.2 Å². The lowest BCUT2D eigenvalue weighted by atomic mass is 10.1. The Hall–Kier alpha value is -0.870. The van der Waals surface area contributed by atoms with Crippen LogP contribution in [-0.2, 0) is 9.53 Å². The van der Waals surface area contributed by atoms with Crippen molar-refractivity contribution in [1.29, 1.82) is 0 Å². The number of aliphatic hydroxyl groups excluding tert-OH is 2. The summed E-state index contributed by atoms with van der Waals surface area (Å²) in [5, 5.41) is 17.7. The SMILES string of the molecule is CCCCCCC/C=C\CCCCCCCC(=O)OCC(O)CO. The van der Waals surface area contributed by atoms with Gasteiger partial charge in [0.25, 0.3) is 0 Å². The minimum absolute atomic E-state index is 0.111. The smallest absolute Gasteiger partial charge is 0.305 e. The lowest BCUT2D eigenvalue weighted by Gasteiger charge is -2.08. The van der Waals surface area contributed by atoms with Crippen LogP contribution in [0.25, 0.3) is 0 Å². The topological polar surface area (TPSA) is 66.8 Å². The summed E-state index contributed by atoms with van der Waals surface area (Å²) in [5.74, 6) is -0.288. The Morgan fingerprint density at radius 3 is 2.04 bits per heavy atom. The van der Waals surface area contributed by atoms with Gasteiger partial charge in [-0.25, -0.2) is 0 Å². The molecule has 0 aromatic carbocycles. The Morgan fingerprint density at radius 2 is 1.46 bits per heavy atom. The van der Waals surface area contributed by atoms with Crippen molar-refractivity contribution in [3.8, 4) is 0 Å². The number of carbonyl (C=O) groups excluding carboxylic acids is 1. The van der Waals surface area contributed by atoms with E-state index in [0.717, 1.165) is 25.7 Å². The number of unbranched alkanes of at least 4 members (excludes halogenated alkanes) is 10. The fourth-order valence-electron chi connectivity index (χ4n) is 2.48. The minimum atomic E-state index is -0.960. The normalized spacial score (nSPS) is 12.6. The van der Waals surface area contributed by atoms with Gasteiger partial charge >= 0.3 is 5.97 Å². The maximum atomic E-state index is 11.4. The summed E-state index contributed by atoms with van der Waals surface area (Å²) in [6.45, 7) is 1.76. The van der Waals surface area contributed by atoms with Crippen molar-refractivity contribution in [2.45, 2.75) is 96.5 Å². The number of allylic oxidation sites excluding steroid dienone is 2. The molecule has 0 spiro atoms. The summed E-state index contributed by atoms with van der Waals surface area (Å²) in [6, 6.07) is 0. The Bertz CT molecular complexity index is 302. The van der Waals surface area contributed by atoms with Crippen LogP contribution in [0.3, 0.4) is 0 Å². The number of hydrogen-bond donors (Lipinski definition) is 2. The van der Waals surface area contributed by atoms with E-state index in [1.807, 2.05) is 0 Å². The second-order valence-corrected chi connectivity index (χ2v) is 6.50. The van der Waals surface area contributed by atoms with Crippen LogP contribution in [0.5, 0.6) is 0 Å². The Labute approximate surface area is 148 Å². The molecule has 24 heavy (non-hydrogen) atoms. The third-order valence-corrected chi connectivity index (χ3v) is 4.04. The zero-order valence-corrected chi connectivity index (χ0v) is 15.5. The van der Waals surface area contributed by atoms with Crippen molar-refractivity contribution in [3.05, 3.63) is 12.2 Å². The maximum Gasteiger partial charge on any atom is 0.305 e. The second kappa shape index (κ2) is 18.5. The molecular formula is C20H38O4. The fourth-order valence-corrected chi connectivity index (χ4v) is 2.48. The first kappa shape index (κ1) is 23.1. The van der Waals surface area contributed by atoms with Crippen LogP contribution < -0.4 is 0 Å². The number of rotatable bonds is 17. The molecule has 0 radical (unpaired) electrons. The van der Waals surface area contributed by atoms with Crippen molar-refractivity contribution in [3.63, 3.8) is 0 Å². The Balaban J connectivity index is 3.23. The van der Waals surface area contributed by atoms with Gasteiger partial charge in [-0.05, 0) is 32.1 Å². The molecule has 0 saturated heterocycles. The first-order valence-corrected chi connectivity index (χ1v) is 9.80. The second-order valence-electron chi connectivity index (χ2n) is 6.50. The molecule has 0 aliphatic rings. The summed E-state index contributed by atoms with van der Waals surface area (Å²) in [4.78, 5) is 11.4. The van der Waals surface area contributed by atoms with Gasteiger partial charge in [0, 0.05) is 6.42 Å². The average Bonchev–Trinajstić information content (AvgIpc) is 2.59. The highest BCUT2D eigenvalue weighted by Crippen LogP contribution is 2.09. The molecule has 1 unspecified atom stereocenters. The number of carbonyl (C=O) groups is 1. The van der Waals surface area contributed by atoms with Crippen LogP contribution >= 0.6 is 0 Å². The van der Waals surface area contributed by atoms with Gasteiger partial charge in [-0.2, -0.15) is 0 Å². The molecule has 2 N–H and O–H groups in total. The number of esters is 1. The first-order valence-electron chi connectivity index (χ1n) is 9.80. The summed E-state index contributed by atoms with van der Waals surface area (Å²) in [6.07, 6.45) is 18.6. The molecule has 1 atom stereocenters. The van der Waals surface area contributed by atoms with E-state index < -0.39 is 6.10 Å². The van der Waals surface area contributed by atoms with Gasteiger partial charge in [-0.15, -0.1) is 0 Å². The zero-order chi connectivity index (χ0) is 17.9. The van der Waals surface area contributed by atoms with Crippen molar-refractivity contribution in [2.24, 2.45) is 0 Å². The highest BCUT2D eigenvalue weighted by atomic mass is 16.5.